The van der Waals surface area contributed by atoms with Crippen LogP contribution in [0.4, 0.5) is 18.9 Å². The van der Waals surface area contributed by atoms with Crippen molar-refractivity contribution in [3.63, 3.8) is 0 Å². The van der Waals surface area contributed by atoms with Crippen LogP contribution in [0.2, 0.25) is 0 Å². The number of anilines is 1. The second-order valence-electron chi connectivity index (χ2n) is 14.9. The zero-order valence-electron chi connectivity index (χ0n) is 32.0. The summed E-state index contributed by atoms with van der Waals surface area (Å²) in [6, 6.07) is 13.6. The molecular formula is C42H62F3N3O5. The monoisotopic (exact) mass is 745 g/mol. The molecule has 11 heteroatoms. The molecule has 2 aliphatic heterocycles. The predicted octanol–water partition coefficient (Wildman–Crippen LogP) is 9.49. The van der Waals surface area contributed by atoms with Gasteiger partial charge < -0.3 is 29.7 Å². The van der Waals surface area contributed by atoms with Gasteiger partial charge in [0.15, 0.2) is 6.29 Å². The Hall–Kier alpha value is -2.99. The van der Waals surface area contributed by atoms with Crippen molar-refractivity contribution in [1.29, 1.82) is 0 Å². The number of benzene rings is 2. The third kappa shape index (κ3) is 13.1. The van der Waals surface area contributed by atoms with E-state index in [0.717, 1.165) is 43.6 Å². The number of likely N-dealkylation sites (tertiary alicyclic amines) is 1. The topological polar surface area (TPSA) is 91.3 Å². The van der Waals surface area contributed by atoms with Crippen molar-refractivity contribution >= 4 is 17.5 Å². The van der Waals surface area contributed by atoms with Crippen molar-refractivity contribution in [1.82, 2.24) is 9.80 Å². The van der Waals surface area contributed by atoms with Crippen LogP contribution in [0, 0.1) is 5.92 Å². The Morgan fingerprint density at radius 3 is 2.09 bits per heavy atom. The molecule has 5 unspecified atom stereocenters. The summed E-state index contributed by atoms with van der Waals surface area (Å²) in [7, 11) is 0. The van der Waals surface area contributed by atoms with Crippen molar-refractivity contribution in [2.45, 2.75) is 148 Å². The van der Waals surface area contributed by atoms with Gasteiger partial charge in [0.1, 0.15) is 6.04 Å². The molecule has 2 heterocycles. The molecule has 2 amide bonds. The fraction of sp³-hybridized carbons (Fsp3) is 0.667. The van der Waals surface area contributed by atoms with Gasteiger partial charge in [0.05, 0.1) is 18.8 Å². The fourth-order valence-corrected chi connectivity index (χ4v) is 7.54. The molecule has 2 aliphatic rings. The van der Waals surface area contributed by atoms with Gasteiger partial charge in [0, 0.05) is 30.3 Å². The smallest absolute Gasteiger partial charge is 0.392 e. The Morgan fingerprint density at radius 1 is 0.868 bits per heavy atom. The normalized spacial score (nSPS) is 22.0. The SMILES string of the molecule is CCCCCCCCN(CCCCCCCC)CC1OC(c2cccc(NC(=O)C3CCCN3C(=O)C(F)(F)F)c2)OC(c2ccc(CO)cc2)C1C. The Bertz CT molecular complexity index is 1370. The lowest BCUT2D eigenvalue weighted by atomic mass is 9.90. The molecule has 8 nitrogen and oxygen atoms in total. The summed E-state index contributed by atoms with van der Waals surface area (Å²) in [5.74, 6) is -2.64. The molecule has 0 radical (unpaired) electrons. The van der Waals surface area contributed by atoms with Crippen molar-refractivity contribution in [2.24, 2.45) is 5.92 Å². The number of alkyl halides is 3. The quantitative estimate of drug-likeness (QED) is 0.124. The summed E-state index contributed by atoms with van der Waals surface area (Å²) in [5.41, 5.74) is 2.85. The first-order valence-electron chi connectivity index (χ1n) is 20.1. The van der Waals surface area contributed by atoms with E-state index in [1.807, 2.05) is 30.3 Å². The van der Waals surface area contributed by atoms with E-state index in [4.69, 9.17) is 9.47 Å². The average Bonchev–Trinajstić information content (AvgIpc) is 3.65. The number of halogens is 3. The molecule has 0 spiro atoms. The zero-order chi connectivity index (χ0) is 38.2. The summed E-state index contributed by atoms with van der Waals surface area (Å²) in [4.78, 5) is 28.4. The molecule has 0 aromatic heterocycles. The summed E-state index contributed by atoms with van der Waals surface area (Å²) in [6.07, 6.45) is 8.94. The van der Waals surface area contributed by atoms with Crippen molar-refractivity contribution in [2.75, 3.05) is 31.5 Å². The number of ether oxygens (including phenoxy) is 2. The lowest BCUT2D eigenvalue weighted by molar-refractivity contribution is -0.276. The number of aliphatic hydroxyl groups is 1. The Balaban J connectivity index is 1.52. The number of nitrogens with zero attached hydrogens (tertiary/aromatic N) is 2. The van der Waals surface area contributed by atoms with E-state index < -0.39 is 30.3 Å². The number of hydrogen-bond acceptors (Lipinski definition) is 6. The number of aliphatic hydroxyl groups excluding tert-OH is 1. The fourth-order valence-electron chi connectivity index (χ4n) is 7.54. The second-order valence-corrected chi connectivity index (χ2v) is 14.9. The molecule has 2 fully saturated rings. The summed E-state index contributed by atoms with van der Waals surface area (Å²) < 4.78 is 53.1. The van der Waals surface area contributed by atoms with Gasteiger partial charge in [0.25, 0.3) is 0 Å². The van der Waals surface area contributed by atoms with E-state index in [2.05, 4.69) is 31.0 Å². The van der Waals surface area contributed by atoms with Crippen LogP contribution in [-0.2, 0) is 25.7 Å². The first kappa shape index (κ1) is 42.7. The average molecular weight is 746 g/mol. The number of carbonyl (C=O) groups excluding carboxylic acids is 2. The maximum atomic E-state index is 13.2. The standard InChI is InChI=1S/C42H62F3N3O5/c1-4-6-8-10-12-14-25-47(26-15-13-11-9-7-5-2)29-37-31(3)38(33-23-21-32(30-49)22-24-33)53-40(52-37)34-18-16-19-35(28-34)46-39(50)36-20-17-27-48(36)41(51)42(43,44)45/h16,18-19,21-24,28,31,36-38,40,49H,4-15,17,20,25-27,29-30H2,1-3H3,(H,46,50). The number of hydrogen-bond donors (Lipinski definition) is 2. The Morgan fingerprint density at radius 2 is 1.49 bits per heavy atom. The number of carbonyl (C=O) groups is 2. The molecule has 53 heavy (non-hydrogen) atoms. The largest absolute Gasteiger partial charge is 0.471 e. The maximum Gasteiger partial charge on any atom is 0.471 e. The molecule has 0 saturated carbocycles. The van der Waals surface area contributed by atoms with E-state index in [1.165, 1.54) is 64.2 Å². The van der Waals surface area contributed by atoms with Gasteiger partial charge >= 0.3 is 12.1 Å². The molecule has 2 aromatic carbocycles. The maximum absolute atomic E-state index is 13.2. The van der Waals surface area contributed by atoms with Gasteiger partial charge in [0.2, 0.25) is 5.91 Å². The van der Waals surface area contributed by atoms with E-state index >= 15 is 0 Å². The van der Waals surface area contributed by atoms with Crippen LogP contribution < -0.4 is 5.32 Å². The lowest BCUT2D eigenvalue weighted by Gasteiger charge is -2.43. The van der Waals surface area contributed by atoms with Gasteiger partial charge in [-0.1, -0.05) is 121 Å². The third-order valence-corrected chi connectivity index (χ3v) is 10.7. The van der Waals surface area contributed by atoms with Gasteiger partial charge in [-0.3, -0.25) is 9.59 Å². The Labute approximate surface area is 314 Å². The number of nitrogens with one attached hydrogen (secondary N) is 1. The van der Waals surface area contributed by atoms with E-state index in [0.29, 0.717) is 22.6 Å². The minimum atomic E-state index is -5.04. The third-order valence-electron chi connectivity index (χ3n) is 10.7. The first-order valence-corrected chi connectivity index (χ1v) is 20.1. The molecule has 296 valence electrons. The highest BCUT2D eigenvalue weighted by Gasteiger charge is 2.47. The van der Waals surface area contributed by atoms with Crippen LogP contribution in [0.25, 0.3) is 0 Å². The highest BCUT2D eigenvalue weighted by Crippen LogP contribution is 2.42. The highest BCUT2D eigenvalue weighted by atomic mass is 19.4. The predicted molar refractivity (Wildman–Crippen MR) is 202 cm³/mol. The van der Waals surface area contributed by atoms with E-state index in [-0.39, 0.29) is 37.7 Å². The summed E-state index contributed by atoms with van der Waals surface area (Å²) >= 11 is 0. The van der Waals surface area contributed by atoms with Crippen LogP contribution in [0.15, 0.2) is 48.5 Å². The summed E-state index contributed by atoms with van der Waals surface area (Å²) in [6.45, 7) is 9.22. The van der Waals surface area contributed by atoms with Crippen LogP contribution >= 0.6 is 0 Å². The molecule has 2 aromatic rings. The van der Waals surface area contributed by atoms with Gasteiger partial charge in [-0.15, -0.1) is 0 Å². The molecule has 0 bridgehead atoms. The van der Waals surface area contributed by atoms with Crippen LogP contribution in [0.3, 0.4) is 0 Å². The van der Waals surface area contributed by atoms with Crippen LogP contribution in [0.5, 0.6) is 0 Å². The zero-order valence-corrected chi connectivity index (χ0v) is 32.0. The summed E-state index contributed by atoms with van der Waals surface area (Å²) in [5, 5.41) is 12.4. The number of unbranched alkanes of at least 4 members (excludes halogenated alkanes) is 10. The molecule has 5 atom stereocenters. The van der Waals surface area contributed by atoms with Crippen LogP contribution in [-0.4, -0.2) is 71.2 Å². The van der Waals surface area contributed by atoms with Crippen molar-refractivity contribution in [3.8, 4) is 0 Å². The van der Waals surface area contributed by atoms with Crippen LogP contribution in [0.1, 0.15) is 140 Å². The van der Waals surface area contributed by atoms with Crippen molar-refractivity contribution < 1.29 is 37.3 Å². The molecule has 2 N–H and O–H groups in total. The van der Waals surface area contributed by atoms with Gasteiger partial charge in [-0.05, 0) is 62.0 Å². The highest BCUT2D eigenvalue weighted by molar-refractivity contribution is 5.98. The first-order chi connectivity index (χ1) is 25.5. The molecule has 2 saturated heterocycles. The second kappa shape index (κ2) is 21.8. The lowest BCUT2D eigenvalue weighted by Crippen LogP contribution is -2.48. The van der Waals surface area contributed by atoms with E-state index in [9.17, 15) is 27.9 Å². The Kier molecular flexibility index (Phi) is 17.6. The van der Waals surface area contributed by atoms with Crippen molar-refractivity contribution in [3.05, 3.63) is 65.2 Å². The molecule has 0 aliphatic carbocycles. The molecular weight excluding hydrogens is 683 g/mol. The minimum Gasteiger partial charge on any atom is -0.392 e. The van der Waals surface area contributed by atoms with Gasteiger partial charge in [-0.2, -0.15) is 13.2 Å². The number of rotatable bonds is 21. The van der Waals surface area contributed by atoms with E-state index in [1.54, 1.807) is 18.2 Å². The molecule has 4 rings (SSSR count). The number of amides is 2. The minimum absolute atomic E-state index is 0.00485. The van der Waals surface area contributed by atoms with Gasteiger partial charge in [-0.25, -0.2) is 0 Å².